The van der Waals surface area contributed by atoms with Crippen LogP contribution in [0.25, 0.3) is 0 Å². The highest BCUT2D eigenvalue weighted by Crippen LogP contribution is 2.30. The molecule has 3 aromatic rings. The standard InChI is InChI=1S/C19H17ClN4OS/c20-14-6-2-1-5-13(14)11-24-10-8-15-17(12-24)26-19(22-15)23-18(25)16-7-3-4-9-21-16/h1-7,9H,8,10-12H2,(H,22,23,25). The number of pyridine rings is 1. The molecule has 7 heteroatoms. The molecule has 132 valence electrons. The minimum absolute atomic E-state index is 0.232. The quantitative estimate of drug-likeness (QED) is 0.738. The maximum atomic E-state index is 12.2. The third-order valence-electron chi connectivity index (χ3n) is 4.28. The molecule has 1 aromatic carbocycles. The van der Waals surface area contributed by atoms with Gasteiger partial charge in [-0.2, -0.15) is 0 Å². The zero-order valence-electron chi connectivity index (χ0n) is 14.0. The number of halogens is 1. The second-order valence-corrected chi connectivity index (χ2v) is 7.60. The van der Waals surface area contributed by atoms with Crippen LogP contribution >= 0.6 is 22.9 Å². The number of hydrogen-bond donors (Lipinski definition) is 1. The molecule has 0 fully saturated rings. The molecule has 0 unspecified atom stereocenters. The number of rotatable bonds is 4. The van der Waals surface area contributed by atoms with E-state index in [0.29, 0.717) is 10.8 Å². The summed E-state index contributed by atoms with van der Waals surface area (Å²) in [6.45, 7) is 2.56. The second-order valence-electron chi connectivity index (χ2n) is 6.11. The summed E-state index contributed by atoms with van der Waals surface area (Å²) in [7, 11) is 0. The van der Waals surface area contributed by atoms with Gasteiger partial charge in [0.1, 0.15) is 5.69 Å². The van der Waals surface area contributed by atoms with E-state index in [1.165, 1.54) is 16.2 Å². The normalized spacial score (nSPS) is 14.0. The van der Waals surface area contributed by atoms with Crippen LogP contribution < -0.4 is 5.32 Å². The Balaban J connectivity index is 1.44. The van der Waals surface area contributed by atoms with E-state index < -0.39 is 0 Å². The second kappa shape index (κ2) is 7.53. The van der Waals surface area contributed by atoms with Crippen molar-refractivity contribution < 1.29 is 4.79 Å². The number of nitrogens with zero attached hydrogens (tertiary/aromatic N) is 3. The number of aromatic nitrogens is 2. The Labute approximate surface area is 160 Å². The van der Waals surface area contributed by atoms with E-state index >= 15 is 0 Å². The number of thiazole rings is 1. The molecule has 2 aromatic heterocycles. The fraction of sp³-hybridized carbons (Fsp3) is 0.211. The van der Waals surface area contributed by atoms with E-state index in [0.717, 1.165) is 42.3 Å². The van der Waals surface area contributed by atoms with Gasteiger partial charge in [0.25, 0.3) is 5.91 Å². The van der Waals surface area contributed by atoms with E-state index in [1.807, 2.05) is 18.2 Å². The SMILES string of the molecule is O=C(Nc1nc2c(s1)CN(Cc1ccccc1Cl)CC2)c1ccccn1. The molecule has 5 nitrogen and oxygen atoms in total. The Morgan fingerprint density at radius 2 is 2.08 bits per heavy atom. The molecule has 0 spiro atoms. The minimum atomic E-state index is -0.232. The lowest BCUT2D eigenvalue weighted by Crippen LogP contribution is -2.29. The smallest absolute Gasteiger partial charge is 0.276 e. The molecule has 0 bridgehead atoms. The van der Waals surface area contributed by atoms with Gasteiger partial charge in [-0.05, 0) is 23.8 Å². The third-order valence-corrected chi connectivity index (χ3v) is 5.65. The summed E-state index contributed by atoms with van der Waals surface area (Å²) in [5, 5.41) is 4.28. The molecule has 26 heavy (non-hydrogen) atoms. The molecule has 0 saturated heterocycles. The molecule has 1 amide bonds. The molecular formula is C19H17ClN4OS. The van der Waals surface area contributed by atoms with Crippen LogP contribution in [0.2, 0.25) is 5.02 Å². The largest absolute Gasteiger partial charge is 0.296 e. The van der Waals surface area contributed by atoms with Crippen molar-refractivity contribution in [2.75, 3.05) is 11.9 Å². The first-order valence-corrected chi connectivity index (χ1v) is 9.55. The van der Waals surface area contributed by atoms with Crippen LogP contribution in [0.1, 0.15) is 26.6 Å². The summed E-state index contributed by atoms with van der Waals surface area (Å²) in [6.07, 6.45) is 2.48. The number of hydrogen-bond acceptors (Lipinski definition) is 5. The van der Waals surface area contributed by atoms with Gasteiger partial charge in [-0.1, -0.05) is 35.9 Å². The Bertz CT molecular complexity index is 928. The van der Waals surface area contributed by atoms with Gasteiger partial charge in [0.2, 0.25) is 0 Å². The first-order valence-electron chi connectivity index (χ1n) is 8.36. The van der Waals surface area contributed by atoms with E-state index in [4.69, 9.17) is 11.6 Å². The van der Waals surface area contributed by atoms with Crippen molar-refractivity contribution in [3.63, 3.8) is 0 Å². The van der Waals surface area contributed by atoms with Gasteiger partial charge in [0.15, 0.2) is 5.13 Å². The van der Waals surface area contributed by atoms with Crippen LogP contribution in [0, 0.1) is 0 Å². The molecule has 1 N–H and O–H groups in total. The van der Waals surface area contributed by atoms with E-state index in [2.05, 4.69) is 26.3 Å². The summed E-state index contributed by atoms with van der Waals surface area (Å²) >= 11 is 7.80. The molecule has 1 aliphatic heterocycles. The highest BCUT2D eigenvalue weighted by atomic mass is 35.5. The van der Waals surface area contributed by atoms with Gasteiger partial charge in [-0.3, -0.25) is 20.0 Å². The predicted octanol–water partition coefficient (Wildman–Crippen LogP) is 4.00. The predicted molar refractivity (Wildman–Crippen MR) is 104 cm³/mol. The minimum Gasteiger partial charge on any atom is -0.296 e. The lowest BCUT2D eigenvalue weighted by Gasteiger charge is -2.26. The molecule has 4 rings (SSSR count). The first-order chi connectivity index (χ1) is 12.7. The number of carbonyl (C=O) groups excluding carboxylic acids is 1. The summed E-state index contributed by atoms with van der Waals surface area (Å²) in [5.74, 6) is -0.232. The third kappa shape index (κ3) is 3.77. The topological polar surface area (TPSA) is 58.1 Å². The lowest BCUT2D eigenvalue weighted by molar-refractivity contribution is 0.102. The first kappa shape index (κ1) is 17.1. The fourth-order valence-corrected chi connectivity index (χ4v) is 4.20. The zero-order chi connectivity index (χ0) is 17.9. The van der Waals surface area contributed by atoms with Crippen molar-refractivity contribution in [1.29, 1.82) is 0 Å². The van der Waals surface area contributed by atoms with Gasteiger partial charge in [-0.25, -0.2) is 4.98 Å². The number of benzene rings is 1. The van der Waals surface area contributed by atoms with Gasteiger partial charge >= 0.3 is 0 Å². The lowest BCUT2D eigenvalue weighted by atomic mass is 10.1. The van der Waals surface area contributed by atoms with Crippen molar-refractivity contribution in [2.45, 2.75) is 19.5 Å². The van der Waals surface area contributed by atoms with Crippen molar-refractivity contribution >= 4 is 34.0 Å². The van der Waals surface area contributed by atoms with Crippen LogP contribution in [0.3, 0.4) is 0 Å². The molecular weight excluding hydrogens is 368 g/mol. The summed E-state index contributed by atoms with van der Waals surface area (Å²) in [6, 6.07) is 13.2. The van der Waals surface area contributed by atoms with Gasteiger partial charge in [0, 0.05) is 42.2 Å². The summed E-state index contributed by atoms with van der Waals surface area (Å²) in [4.78, 5) is 24.4. The molecule has 0 radical (unpaired) electrons. The Morgan fingerprint density at radius 1 is 1.23 bits per heavy atom. The Kier molecular flexibility index (Phi) is 4.97. The van der Waals surface area contributed by atoms with Crippen molar-refractivity contribution in [3.05, 3.63) is 75.5 Å². The number of anilines is 1. The summed E-state index contributed by atoms with van der Waals surface area (Å²) in [5.41, 5.74) is 2.59. The molecule has 0 atom stereocenters. The molecule has 0 aliphatic carbocycles. The van der Waals surface area contributed by atoms with Crippen LogP contribution in [0.4, 0.5) is 5.13 Å². The summed E-state index contributed by atoms with van der Waals surface area (Å²) < 4.78 is 0. The van der Waals surface area contributed by atoms with Crippen LogP contribution in [0.5, 0.6) is 0 Å². The Hall–Kier alpha value is -2.28. The average molecular weight is 385 g/mol. The van der Waals surface area contributed by atoms with E-state index in [1.54, 1.807) is 24.4 Å². The maximum Gasteiger partial charge on any atom is 0.276 e. The van der Waals surface area contributed by atoms with E-state index in [-0.39, 0.29) is 5.91 Å². The van der Waals surface area contributed by atoms with Crippen LogP contribution in [0.15, 0.2) is 48.7 Å². The number of nitrogens with one attached hydrogen (secondary N) is 1. The highest BCUT2D eigenvalue weighted by Gasteiger charge is 2.22. The number of amides is 1. The van der Waals surface area contributed by atoms with Gasteiger partial charge < -0.3 is 0 Å². The average Bonchev–Trinajstić information content (AvgIpc) is 3.06. The van der Waals surface area contributed by atoms with Crippen molar-refractivity contribution in [1.82, 2.24) is 14.9 Å². The van der Waals surface area contributed by atoms with Crippen LogP contribution in [-0.2, 0) is 19.5 Å². The maximum absolute atomic E-state index is 12.2. The molecule has 3 heterocycles. The highest BCUT2D eigenvalue weighted by molar-refractivity contribution is 7.15. The monoisotopic (exact) mass is 384 g/mol. The van der Waals surface area contributed by atoms with Crippen LogP contribution in [-0.4, -0.2) is 27.3 Å². The van der Waals surface area contributed by atoms with Crippen molar-refractivity contribution in [3.8, 4) is 0 Å². The number of carbonyl (C=O) groups is 1. The van der Waals surface area contributed by atoms with Gasteiger partial charge in [0.05, 0.1) is 5.69 Å². The Morgan fingerprint density at radius 3 is 2.88 bits per heavy atom. The zero-order valence-corrected chi connectivity index (χ0v) is 15.6. The molecule has 1 aliphatic rings. The molecule has 0 saturated carbocycles. The van der Waals surface area contributed by atoms with E-state index in [9.17, 15) is 4.79 Å². The van der Waals surface area contributed by atoms with Gasteiger partial charge in [-0.15, -0.1) is 11.3 Å². The van der Waals surface area contributed by atoms with Crippen molar-refractivity contribution in [2.24, 2.45) is 0 Å². The number of fused-ring (bicyclic) bond motifs is 1. The fourth-order valence-electron chi connectivity index (χ4n) is 2.96.